The molecule has 1 aromatic carbocycles. The lowest BCUT2D eigenvalue weighted by atomic mass is 9.77. The predicted molar refractivity (Wildman–Crippen MR) is 78.1 cm³/mol. The topological polar surface area (TPSA) is 38.8 Å². The number of hydrogen-bond donors (Lipinski definition) is 0. The second kappa shape index (κ2) is 5.46. The lowest BCUT2D eigenvalue weighted by molar-refractivity contribution is -0.196. The van der Waals surface area contributed by atoms with Gasteiger partial charge < -0.3 is 4.74 Å². The number of nitrogens with zero attached hydrogens (tertiary/aromatic N) is 1. The van der Waals surface area contributed by atoms with Gasteiger partial charge in [0.25, 0.3) is 5.92 Å². The zero-order valence-corrected chi connectivity index (χ0v) is 14.1. The third kappa shape index (κ3) is 2.47. The van der Waals surface area contributed by atoms with Gasteiger partial charge in [-0.3, -0.25) is 9.63 Å². The van der Waals surface area contributed by atoms with Crippen molar-refractivity contribution in [2.75, 3.05) is 13.2 Å². The van der Waals surface area contributed by atoms with Gasteiger partial charge in [0, 0.05) is 29.8 Å². The number of fused-ring (bicyclic) bond motifs is 1. The summed E-state index contributed by atoms with van der Waals surface area (Å²) >= 11 is 3.25. The van der Waals surface area contributed by atoms with Crippen LogP contribution in [0.3, 0.4) is 0 Å². The molecule has 0 spiro atoms. The molecule has 4 nitrogen and oxygen atoms in total. The number of amides is 1. The van der Waals surface area contributed by atoms with Crippen LogP contribution in [0.25, 0.3) is 0 Å². The molecule has 2 fully saturated rings. The minimum absolute atomic E-state index is 0.108. The SMILES string of the molecule is CC(=O)N1OC[C@@H]2C(C(C)(F)F)OC[C@@]21c1cc(Br)ccc1F. The molecular formula is C15H15BrF3NO3. The summed E-state index contributed by atoms with van der Waals surface area (Å²) < 4.78 is 48.1. The van der Waals surface area contributed by atoms with Crippen LogP contribution in [0.4, 0.5) is 13.2 Å². The molecule has 0 bridgehead atoms. The van der Waals surface area contributed by atoms with E-state index in [1.807, 2.05) is 0 Å². The number of hydroxylamine groups is 2. The normalized spacial score (nSPS) is 30.6. The summed E-state index contributed by atoms with van der Waals surface area (Å²) in [5, 5.41) is 0.980. The molecule has 0 N–H and O–H groups in total. The molecule has 0 aliphatic carbocycles. The minimum atomic E-state index is -3.13. The fourth-order valence-electron chi connectivity index (χ4n) is 3.48. The number of alkyl halides is 2. The quantitative estimate of drug-likeness (QED) is 0.773. The fraction of sp³-hybridized carbons (Fsp3) is 0.533. The summed E-state index contributed by atoms with van der Waals surface area (Å²) in [6.07, 6.45) is -1.45. The molecule has 0 aromatic heterocycles. The van der Waals surface area contributed by atoms with Gasteiger partial charge in [0.2, 0.25) is 5.91 Å². The van der Waals surface area contributed by atoms with Crippen LogP contribution in [0, 0.1) is 11.7 Å². The Hall–Kier alpha value is -1.12. The molecule has 3 atom stereocenters. The highest BCUT2D eigenvalue weighted by Crippen LogP contribution is 2.52. The van der Waals surface area contributed by atoms with Crippen molar-refractivity contribution in [3.63, 3.8) is 0 Å². The van der Waals surface area contributed by atoms with Crippen molar-refractivity contribution in [1.82, 2.24) is 5.06 Å². The average molecular weight is 394 g/mol. The first-order valence-electron chi connectivity index (χ1n) is 7.06. The van der Waals surface area contributed by atoms with Gasteiger partial charge in [-0.2, -0.15) is 0 Å². The Morgan fingerprint density at radius 2 is 2.17 bits per heavy atom. The Morgan fingerprint density at radius 3 is 2.78 bits per heavy atom. The molecule has 2 aliphatic rings. The summed E-state index contributed by atoms with van der Waals surface area (Å²) in [6.45, 7) is 1.61. The van der Waals surface area contributed by atoms with Crippen LogP contribution in [-0.2, 0) is 19.9 Å². The Labute approximate surface area is 139 Å². The van der Waals surface area contributed by atoms with Crippen LogP contribution in [0.1, 0.15) is 19.4 Å². The molecule has 2 heterocycles. The van der Waals surface area contributed by atoms with Crippen LogP contribution >= 0.6 is 15.9 Å². The Bertz CT molecular complexity index is 651. The lowest BCUT2D eigenvalue weighted by Crippen LogP contribution is -2.49. The monoisotopic (exact) mass is 393 g/mol. The number of benzene rings is 1. The molecular weight excluding hydrogens is 379 g/mol. The third-order valence-corrected chi connectivity index (χ3v) is 4.88. The largest absolute Gasteiger partial charge is 0.369 e. The molecule has 23 heavy (non-hydrogen) atoms. The van der Waals surface area contributed by atoms with Gasteiger partial charge in [0.15, 0.2) is 0 Å². The molecule has 8 heteroatoms. The highest BCUT2D eigenvalue weighted by molar-refractivity contribution is 9.10. The van der Waals surface area contributed by atoms with Gasteiger partial charge >= 0.3 is 0 Å². The summed E-state index contributed by atoms with van der Waals surface area (Å²) in [4.78, 5) is 17.3. The van der Waals surface area contributed by atoms with E-state index in [0.717, 1.165) is 12.0 Å². The van der Waals surface area contributed by atoms with Gasteiger partial charge in [-0.05, 0) is 18.2 Å². The number of halogens is 4. The van der Waals surface area contributed by atoms with Crippen molar-refractivity contribution in [3.05, 3.63) is 34.1 Å². The smallest absolute Gasteiger partial charge is 0.271 e. The standard InChI is InChI=1S/C15H15BrF3NO3/c1-8(21)20-15(10-5-9(16)3-4-12(10)17)7-22-13(14(2,18)19)11(15)6-23-20/h3-5,11,13H,6-7H2,1-2H3/t11-,13?,15-/m1/s1. The highest BCUT2D eigenvalue weighted by Gasteiger charge is 2.65. The second-order valence-electron chi connectivity index (χ2n) is 5.95. The molecule has 3 rings (SSSR count). The third-order valence-electron chi connectivity index (χ3n) is 4.39. The lowest BCUT2D eigenvalue weighted by Gasteiger charge is -2.35. The fourth-order valence-corrected chi connectivity index (χ4v) is 3.84. The zero-order chi connectivity index (χ0) is 17.0. The van der Waals surface area contributed by atoms with Crippen molar-refractivity contribution in [2.24, 2.45) is 5.92 Å². The minimum Gasteiger partial charge on any atom is -0.369 e. The number of hydrogen-bond acceptors (Lipinski definition) is 3. The molecule has 1 unspecified atom stereocenters. The molecule has 2 saturated heterocycles. The predicted octanol–water partition coefficient (Wildman–Crippen LogP) is 3.25. The van der Waals surface area contributed by atoms with E-state index in [9.17, 15) is 18.0 Å². The van der Waals surface area contributed by atoms with Crippen molar-refractivity contribution in [2.45, 2.75) is 31.4 Å². The van der Waals surface area contributed by atoms with Gasteiger partial charge in [-0.15, -0.1) is 0 Å². The van der Waals surface area contributed by atoms with E-state index >= 15 is 0 Å². The van der Waals surface area contributed by atoms with E-state index in [1.54, 1.807) is 0 Å². The maximum Gasteiger partial charge on any atom is 0.271 e. The maximum absolute atomic E-state index is 14.5. The van der Waals surface area contributed by atoms with Crippen molar-refractivity contribution >= 4 is 21.8 Å². The first-order valence-corrected chi connectivity index (χ1v) is 7.86. The van der Waals surface area contributed by atoms with Gasteiger partial charge in [0.05, 0.1) is 13.2 Å². The Morgan fingerprint density at radius 1 is 1.48 bits per heavy atom. The molecule has 1 amide bonds. The molecule has 0 radical (unpaired) electrons. The van der Waals surface area contributed by atoms with Crippen molar-refractivity contribution < 1.29 is 27.5 Å². The van der Waals surface area contributed by atoms with E-state index in [1.165, 1.54) is 25.1 Å². The van der Waals surface area contributed by atoms with E-state index in [0.29, 0.717) is 4.47 Å². The first-order chi connectivity index (χ1) is 10.7. The van der Waals surface area contributed by atoms with E-state index < -0.39 is 35.2 Å². The van der Waals surface area contributed by atoms with Crippen molar-refractivity contribution in [1.29, 1.82) is 0 Å². The Kier molecular flexibility index (Phi) is 3.97. The van der Waals surface area contributed by atoms with Crippen LogP contribution in [0.5, 0.6) is 0 Å². The Balaban J connectivity index is 2.17. The van der Waals surface area contributed by atoms with Crippen LogP contribution < -0.4 is 0 Å². The summed E-state index contributed by atoms with van der Waals surface area (Å²) in [6, 6.07) is 4.20. The van der Waals surface area contributed by atoms with Gasteiger partial charge in [-0.1, -0.05) is 15.9 Å². The molecule has 0 saturated carbocycles. The van der Waals surface area contributed by atoms with Gasteiger partial charge in [0.1, 0.15) is 17.5 Å². The highest BCUT2D eigenvalue weighted by atomic mass is 79.9. The molecule has 2 aliphatic heterocycles. The van der Waals surface area contributed by atoms with Gasteiger partial charge in [-0.25, -0.2) is 18.2 Å². The maximum atomic E-state index is 14.5. The van der Waals surface area contributed by atoms with Crippen molar-refractivity contribution in [3.8, 4) is 0 Å². The van der Waals surface area contributed by atoms with E-state index in [2.05, 4.69) is 15.9 Å². The average Bonchev–Trinajstić information content (AvgIpc) is 2.97. The summed E-state index contributed by atoms with van der Waals surface area (Å²) in [5.41, 5.74) is -1.29. The first kappa shape index (κ1) is 16.7. The molecule has 126 valence electrons. The number of carbonyl (C=O) groups is 1. The summed E-state index contributed by atoms with van der Waals surface area (Å²) in [5.74, 6) is -5.09. The number of carbonyl (C=O) groups excluding carboxylic acids is 1. The summed E-state index contributed by atoms with van der Waals surface area (Å²) in [7, 11) is 0. The molecule has 1 aromatic rings. The van der Waals surface area contributed by atoms with Crippen LogP contribution in [-0.4, -0.2) is 36.2 Å². The van der Waals surface area contributed by atoms with E-state index in [4.69, 9.17) is 9.57 Å². The number of rotatable bonds is 2. The van der Waals surface area contributed by atoms with E-state index in [-0.39, 0.29) is 18.8 Å². The second-order valence-corrected chi connectivity index (χ2v) is 6.87. The van der Waals surface area contributed by atoms with Crippen LogP contribution in [0.15, 0.2) is 22.7 Å². The zero-order valence-electron chi connectivity index (χ0n) is 12.5. The number of ether oxygens (including phenoxy) is 1. The van der Waals surface area contributed by atoms with Crippen LogP contribution in [0.2, 0.25) is 0 Å².